The summed E-state index contributed by atoms with van der Waals surface area (Å²) < 4.78 is 7.29. The first-order valence-corrected chi connectivity index (χ1v) is 16.8. The molecule has 7 aromatic carbocycles. The van der Waals surface area contributed by atoms with E-state index in [1.165, 1.54) is 71.0 Å². The van der Waals surface area contributed by atoms with E-state index in [1.54, 1.807) is 0 Å². The van der Waals surface area contributed by atoms with E-state index < -0.39 is 0 Å². The van der Waals surface area contributed by atoms with E-state index in [4.69, 9.17) is 0 Å². The second kappa shape index (κ2) is 10.2. The molecule has 0 fully saturated rings. The summed E-state index contributed by atoms with van der Waals surface area (Å²) in [6, 6.07) is 58.1. The van der Waals surface area contributed by atoms with E-state index in [0.717, 1.165) is 17.1 Å². The van der Waals surface area contributed by atoms with E-state index in [-0.39, 0.29) is 0 Å². The van der Waals surface area contributed by atoms with E-state index >= 15 is 0 Å². The molecule has 0 saturated carbocycles. The molecule has 10 aromatic rings. The van der Waals surface area contributed by atoms with Crippen LogP contribution in [0.3, 0.4) is 0 Å². The number of nitrogens with zero attached hydrogens (tertiary/aromatic N) is 3. The molecule has 48 heavy (non-hydrogen) atoms. The number of fused-ring (bicyclic) bond motifs is 9. The zero-order valence-electron chi connectivity index (χ0n) is 26.9. The Labute approximate surface area is 278 Å². The van der Waals surface area contributed by atoms with Crippen LogP contribution < -0.4 is 0 Å². The lowest BCUT2D eigenvalue weighted by atomic mass is 10.0. The Balaban J connectivity index is 1.29. The van der Waals surface area contributed by atoms with Gasteiger partial charge in [-0.05, 0) is 72.1 Å². The number of benzene rings is 7. The summed E-state index contributed by atoms with van der Waals surface area (Å²) in [5.74, 6) is 0.473. The van der Waals surface area contributed by atoms with E-state index in [0.29, 0.717) is 5.92 Å². The van der Waals surface area contributed by atoms with Crippen LogP contribution in [-0.2, 0) is 0 Å². The molecule has 0 aliphatic rings. The standard InChI is InChI=1S/C45H33N3/c1-29(2)30-19-21-31(22-20-30)46-44-27-32(47-40-15-7-3-11-34(40)35-12-4-8-16-41(35)47)23-25-38(44)39-26-24-33(28-45(39)46)48-42-17-9-5-13-36(42)37-14-6-10-18-43(37)48/h3-29H,1-2H3. The molecule has 3 nitrogen and oxygen atoms in total. The van der Waals surface area contributed by atoms with Gasteiger partial charge in [-0.3, -0.25) is 0 Å². The van der Waals surface area contributed by atoms with Crippen LogP contribution in [0.4, 0.5) is 0 Å². The van der Waals surface area contributed by atoms with Crippen LogP contribution in [0, 0.1) is 0 Å². The Bertz CT molecular complexity index is 2580. The van der Waals surface area contributed by atoms with Gasteiger partial charge in [0.05, 0.1) is 33.1 Å². The van der Waals surface area contributed by atoms with Crippen LogP contribution in [-0.4, -0.2) is 13.7 Å². The third-order valence-corrected chi connectivity index (χ3v) is 10.2. The molecule has 0 saturated heterocycles. The predicted octanol–water partition coefficient (Wildman–Crippen LogP) is 12.1. The minimum absolute atomic E-state index is 0.473. The highest BCUT2D eigenvalue weighted by Gasteiger charge is 2.19. The Morgan fingerprint density at radius 3 is 1.00 bits per heavy atom. The molecule has 0 radical (unpaired) electrons. The normalized spacial score (nSPS) is 12.1. The smallest absolute Gasteiger partial charge is 0.0561 e. The van der Waals surface area contributed by atoms with Gasteiger partial charge < -0.3 is 13.7 Å². The van der Waals surface area contributed by atoms with Gasteiger partial charge in [-0.1, -0.05) is 111 Å². The van der Waals surface area contributed by atoms with Gasteiger partial charge in [-0.2, -0.15) is 0 Å². The van der Waals surface area contributed by atoms with Gasteiger partial charge in [0.2, 0.25) is 0 Å². The molecule has 0 unspecified atom stereocenters. The minimum atomic E-state index is 0.473. The molecule has 3 heterocycles. The molecule has 0 aliphatic carbocycles. The maximum atomic E-state index is 2.46. The Morgan fingerprint density at radius 1 is 0.312 bits per heavy atom. The van der Waals surface area contributed by atoms with Crippen LogP contribution in [0.1, 0.15) is 25.3 Å². The number of hydrogen-bond donors (Lipinski definition) is 0. The average Bonchev–Trinajstić information content (AvgIpc) is 3.77. The van der Waals surface area contributed by atoms with Gasteiger partial charge in [-0.15, -0.1) is 0 Å². The summed E-state index contributed by atoms with van der Waals surface area (Å²) in [4.78, 5) is 0. The minimum Gasteiger partial charge on any atom is -0.309 e. The number of aromatic nitrogens is 3. The molecular weight excluding hydrogens is 583 g/mol. The summed E-state index contributed by atoms with van der Waals surface area (Å²) >= 11 is 0. The Hall–Kier alpha value is -6.06. The first kappa shape index (κ1) is 27.1. The fraction of sp³-hybridized carbons (Fsp3) is 0.0667. The van der Waals surface area contributed by atoms with Gasteiger partial charge >= 0.3 is 0 Å². The molecule has 0 aliphatic heterocycles. The fourth-order valence-corrected chi connectivity index (χ4v) is 7.96. The lowest BCUT2D eigenvalue weighted by Gasteiger charge is -2.13. The number of rotatable bonds is 4. The summed E-state index contributed by atoms with van der Waals surface area (Å²) in [6.07, 6.45) is 0. The summed E-state index contributed by atoms with van der Waals surface area (Å²) in [6.45, 7) is 4.51. The van der Waals surface area contributed by atoms with E-state index in [2.05, 4.69) is 185 Å². The quantitative estimate of drug-likeness (QED) is 0.187. The zero-order chi connectivity index (χ0) is 31.9. The molecule has 0 atom stereocenters. The van der Waals surface area contributed by atoms with Crippen molar-refractivity contribution in [2.24, 2.45) is 0 Å². The number of hydrogen-bond acceptors (Lipinski definition) is 0. The third-order valence-electron chi connectivity index (χ3n) is 10.2. The summed E-state index contributed by atoms with van der Waals surface area (Å²) in [5, 5.41) is 7.58. The van der Waals surface area contributed by atoms with Gasteiger partial charge in [0.15, 0.2) is 0 Å². The molecule has 3 heteroatoms. The van der Waals surface area contributed by atoms with Crippen molar-refractivity contribution in [2.45, 2.75) is 19.8 Å². The van der Waals surface area contributed by atoms with Gasteiger partial charge in [0.25, 0.3) is 0 Å². The topological polar surface area (TPSA) is 14.8 Å². The van der Waals surface area contributed by atoms with Crippen molar-refractivity contribution in [2.75, 3.05) is 0 Å². The largest absolute Gasteiger partial charge is 0.309 e. The maximum Gasteiger partial charge on any atom is 0.0561 e. The summed E-state index contributed by atoms with van der Waals surface area (Å²) in [5.41, 5.74) is 12.1. The number of para-hydroxylation sites is 4. The lowest BCUT2D eigenvalue weighted by molar-refractivity contribution is 0.866. The van der Waals surface area contributed by atoms with Crippen molar-refractivity contribution >= 4 is 65.4 Å². The van der Waals surface area contributed by atoms with Crippen molar-refractivity contribution < 1.29 is 0 Å². The molecule has 0 bridgehead atoms. The zero-order valence-corrected chi connectivity index (χ0v) is 26.9. The van der Waals surface area contributed by atoms with Crippen LogP contribution >= 0.6 is 0 Å². The molecule has 3 aromatic heterocycles. The molecule has 10 rings (SSSR count). The summed E-state index contributed by atoms with van der Waals surface area (Å²) in [7, 11) is 0. The van der Waals surface area contributed by atoms with E-state index in [1.807, 2.05) is 0 Å². The highest BCUT2D eigenvalue weighted by atomic mass is 15.0. The average molecular weight is 616 g/mol. The van der Waals surface area contributed by atoms with Crippen LogP contribution in [0.15, 0.2) is 158 Å². The SMILES string of the molecule is CC(C)c1ccc(-n2c3cc(-n4c5ccccc5c5ccccc54)ccc3c3ccc(-n4c5ccccc5c5ccccc54)cc32)cc1. The monoisotopic (exact) mass is 615 g/mol. The molecule has 0 N–H and O–H groups in total. The predicted molar refractivity (Wildman–Crippen MR) is 204 cm³/mol. The highest BCUT2D eigenvalue weighted by molar-refractivity contribution is 6.13. The third kappa shape index (κ3) is 3.82. The van der Waals surface area contributed by atoms with Gasteiger partial charge in [-0.25, -0.2) is 0 Å². The maximum absolute atomic E-state index is 2.46. The second-order valence-corrected chi connectivity index (χ2v) is 13.2. The Morgan fingerprint density at radius 2 is 0.625 bits per heavy atom. The van der Waals surface area contributed by atoms with Gasteiger partial charge in [0, 0.05) is 49.4 Å². The fourth-order valence-electron chi connectivity index (χ4n) is 7.96. The molecule has 0 spiro atoms. The second-order valence-electron chi connectivity index (χ2n) is 13.2. The van der Waals surface area contributed by atoms with E-state index in [9.17, 15) is 0 Å². The Kier molecular flexibility index (Phi) is 5.77. The molecule has 228 valence electrons. The lowest BCUT2D eigenvalue weighted by Crippen LogP contribution is -1.98. The van der Waals surface area contributed by atoms with Crippen molar-refractivity contribution in [1.82, 2.24) is 13.7 Å². The first-order valence-electron chi connectivity index (χ1n) is 16.8. The first-order chi connectivity index (χ1) is 23.7. The van der Waals surface area contributed by atoms with Crippen molar-refractivity contribution in [3.8, 4) is 17.1 Å². The van der Waals surface area contributed by atoms with Crippen LogP contribution in [0.2, 0.25) is 0 Å². The van der Waals surface area contributed by atoms with Crippen LogP contribution in [0.25, 0.3) is 82.5 Å². The van der Waals surface area contributed by atoms with Gasteiger partial charge in [0.1, 0.15) is 0 Å². The molecule has 0 amide bonds. The van der Waals surface area contributed by atoms with Crippen molar-refractivity contribution in [3.63, 3.8) is 0 Å². The van der Waals surface area contributed by atoms with Crippen LogP contribution in [0.5, 0.6) is 0 Å². The van der Waals surface area contributed by atoms with Crippen molar-refractivity contribution in [3.05, 3.63) is 163 Å². The molecular formula is C45H33N3. The highest BCUT2D eigenvalue weighted by Crippen LogP contribution is 2.39. The van der Waals surface area contributed by atoms with Crippen molar-refractivity contribution in [1.29, 1.82) is 0 Å².